The zero-order valence-corrected chi connectivity index (χ0v) is 17.4. The van der Waals surface area contributed by atoms with E-state index in [-0.39, 0.29) is 23.0 Å². The van der Waals surface area contributed by atoms with Crippen LogP contribution in [0.25, 0.3) is 0 Å². The van der Waals surface area contributed by atoms with Crippen molar-refractivity contribution < 1.29 is 23.0 Å². The quantitative estimate of drug-likeness (QED) is 0.641. The van der Waals surface area contributed by atoms with Crippen LogP contribution in [0, 0.1) is 11.6 Å². The molecule has 1 aliphatic heterocycles. The van der Waals surface area contributed by atoms with Crippen LogP contribution in [0.2, 0.25) is 0 Å². The van der Waals surface area contributed by atoms with Gasteiger partial charge in [0.05, 0.1) is 18.4 Å². The summed E-state index contributed by atoms with van der Waals surface area (Å²) in [6.45, 7) is 0.927. The van der Waals surface area contributed by atoms with Gasteiger partial charge in [0.2, 0.25) is 0 Å². The standard InChI is InChI=1S/C23H22F2N4O3/c1-31-20-12-17(18(25)13-21(20)32-16-4-2-15(24)3-5-16)23(30)29-10-8-14(9-11-29)19-6-7-22(26)28-27-19/h2-7,12-14H,8-11H2,1H3,(H2,26,28). The molecule has 166 valence electrons. The Morgan fingerprint density at radius 1 is 1.03 bits per heavy atom. The van der Waals surface area contributed by atoms with Gasteiger partial charge in [0.15, 0.2) is 11.5 Å². The Kier molecular flexibility index (Phi) is 6.16. The zero-order valence-electron chi connectivity index (χ0n) is 17.4. The first-order chi connectivity index (χ1) is 15.4. The molecule has 2 aromatic carbocycles. The first-order valence-electron chi connectivity index (χ1n) is 10.1. The van der Waals surface area contributed by atoms with Crippen molar-refractivity contribution in [2.45, 2.75) is 18.8 Å². The van der Waals surface area contributed by atoms with E-state index < -0.39 is 17.5 Å². The molecule has 0 saturated carbocycles. The van der Waals surface area contributed by atoms with Crippen LogP contribution in [0.3, 0.4) is 0 Å². The third kappa shape index (κ3) is 4.61. The number of methoxy groups -OCH3 is 1. The van der Waals surface area contributed by atoms with Crippen LogP contribution in [0.5, 0.6) is 17.2 Å². The summed E-state index contributed by atoms with van der Waals surface area (Å²) in [4.78, 5) is 14.6. The second kappa shape index (κ2) is 9.17. The molecule has 2 heterocycles. The molecule has 4 rings (SSSR count). The summed E-state index contributed by atoms with van der Waals surface area (Å²) in [6, 6.07) is 11.3. The highest BCUT2D eigenvalue weighted by molar-refractivity contribution is 5.95. The van der Waals surface area contributed by atoms with Crippen molar-refractivity contribution in [1.29, 1.82) is 0 Å². The number of nitrogens with zero attached hydrogens (tertiary/aromatic N) is 3. The van der Waals surface area contributed by atoms with Crippen LogP contribution in [0.15, 0.2) is 48.5 Å². The molecule has 1 saturated heterocycles. The highest BCUT2D eigenvalue weighted by atomic mass is 19.1. The number of amides is 1. The summed E-state index contributed by atoms with van der Waals surface area (Å²) in [6.07, 6.45) is 1.38. The van der Waals surface area contributed by atoms with Crippen LogP contribution >= 0.6 is 0 Å². The maximum atomic E-state index is 14.8. The number of carbonyl (C=O) groups is 1. The Morgan fingerprint density at radius 2 is 1.75 bits per heavy atom. The normalized spacial score (nSPS) is 14.3. The number of nitrogen functional groups attached to an aromatic ring is 1. The molecule has 1 fully saturated rings. The second-order valence-electron chi connectivity index (χ2n) is 7.49. The zero-order chi connectivity index (χ0) is 22.7. The predicted molar refractivity (Wildman–Crippen MR) is 114 cm³/mol. The Bertz CT molecular complexity index is 1100. The average Bonchev–Trinajstić information content (AvgIpc) is 2.81. The molecule has 0 radical (unpaired) electrons. The van der Waals surface area contributed by atoms with Crippen LogP contribution in [-0.2, 0) is 0 Å². The van der Waals surface area contributed by atoms with Gasteiger partial charge in [-0.1, -0.05) is 0 Å². The van der Waals surface area contributed by atoms with Gasteiger partial charge in [-0.3, -0.25) is 4.79 Å². The average molecular weight is 440 g/mol. The van der Waals surface area contributed by atoms with Gasteiger partial charge in [0.1, 0.15) is 23.2 Å². The molecule has 0 spiro atoms. The van der Waals surface area contributed by atoms with Crippen LogP contribution in [-0.4, -0.2) is 41.2 Å². The largest absolute Gasteiger partial charge is 0.493 e. The summed E-state index contributed by atoms with van der Waals surface area (Å²) in [5.74, 6) is -0.425. The topological polar surface area (TPSA) is 90.6 Å². The van der Waals surface area contributed by atoms with Gasteiger partial charge in [-0.25, -0.2) is 8.78 Å². The van der Waals surface area contributed by atoms with E-state index in [2.05, 4.69) is 10.2 Å². The summed E-state index contributed by atoms with van der Waals surface area (Å²) in [5.41, 5.74) is 6.32. The number of aromatic nitrogens is 2. The van der Waals surface area contributed by atoms with Gasteiger partial charge in [0.25, 0.3) is 5.91 Å². The second-order valence-corrected chi connectivity index (χ2v) is 7.49. The first-order valence-corrected chi connectivity index (χ1v) is 10.1. The number of piperidine rings is 1. The minimum Gasteiger partial charge on any atom is -0.493 e. The van der Waals surface area contributed by atoms with Gasteiger partial charge in [-0.2, -0.15) is 5.10 Å². The fourth-order valence-corrected chi connectivity index (χ4v) is 3.69. The molecular formula is C23H22F2N4O3. The number of nitrogens with two attached hydrogens (primary N) is 1. The molecule has 0 atom stereocenters. The number of likely N-dealkylation sites (tertiary alicyclic amines) is 1. The minimum absolute atomic E-state index is 0.0915. The van der Waals surface area contributed by atoms with Crippen LogP contribution in [0.1, 0.15) is 34.8 Å². The molecule has 0 unspecified atom stereocenters. The van der Waals surface area contributed by atoms with Gasteiger partial charge < -0.3 is 20.1 Å². The first kappa shape index (κ1) is 21.5. The van der Waals surface area contributed by atoms with E-state index in [0.717, 1.165) is 11.8 Å². The number of benzene rings is 2. The highest BCUT2D eigenvalue weighted by Gasteiger charge is 2.28. The lowest BCUT2D eigenvalue weighted by Crippen LogP contribution is -2.38. The van der Waals surface area contributed by atoms with E-state index >= 15 is 0 Å². The fraction of sp³-hybridized carbons (Fsp3) is 0.261. The number of hydrogen-bond donors (Lipinski definition) is 1. The van der Waals surface area contributed by atoms with Crippen molar-refractivity contribution in [2.24, 2.45) is 0 Å². The molecule has 1 aromatic heterocycles. The maximum Gasteiger partial charge on any atom is 0.256 e. The Hall–Kier alpha value is -3.75. The van der Waals surface area contributed by atoms with Gasteiger partial charge in [-0.05, 0) is 55.3 Å². The molecule has 3 aromatic rings. The minimum atomic E-state index is -0.723. The van der Waals surface area contributed by atoms with E-state index in [4.69, 9.17) is 15.2 Å². The molecule has 9 heteroatoms. The van der Waals surface area contributed by atoms with Crippen molar-refractivity contribution in [3.05, 3.63) is 71.4 Å². The smallest absolute Gasteiger partial charge is 0.256 e. The van der Waals surface area contributed by atoms with E-state index in [9.17, 15) is 13.6 Å². The lowest BCUT2D eigenvalue weighted by atomic mass is 9.93. The van der Waals surface area contributed by atoms with Crippen molar-refractivity contribution in [2.75, 3.05) is 25.9 Å². The number of anilines is 1. The van der Waals surface area contributed by atoms with Crippen LogP contribution < -0.4 is 15.2 Å². The van der Waals surface area contributed by atoms with Gasteiger partial charge in [-0.15, -0.1) is 5.10 Å². The highest BCUT2D eigenvalue weighted by Crippen LogP contribution is 2.35. The monoisotopic (exact) mass is 440 g/mol. The maximum absolute atomic E-state index is 14.8. The summed E-state index contributed by atoms with van der Waals surface area (Å²) in [5, 5.41) is 8.01. The lowest BCUT2D eigenvalue weighted by molar-refractivity contribution is 0.0706. The third-order valence-corrected chi connectivity index (χ3v) is 5.43. The Morgan fingerprint density at radius 3 is 2.38 bits per heavy atom. The number of hydrogen-bond acceptors (Lipinski definition) is 6. The molecule has 2 N–H and O–H groups in total. The number of halogens is 2. The fourth-order valence-electron chi connectivity index (χ4n) is 3.69. The van der Waals surface area contributed by atoms with Crippen molar-refractivity contribution in [1.82, 2.24) is 15.1 Å². The summed E-state index contributed by atoms with van der Waals surface area (Å²) >= 11 is 0. The van der Waals surface area contributed by atoms with Crippen molar-refractivity contribution in [3.8, 4) is 17.2 Å². The van der Waals surface area contributed by atoms with E-state index in [0.29, 0.717) is 37.5 Å². The summed E-state index contributed by atoms with van der Waals surface area (Å²) in [7, 11) is 1.40. The van der Waals surface area contributed by atoms with Crippen molar-refractivity contribution in [3.63, 3.8) is 0 Å². The predicted octanol–water partition coefficient (Wildman–Crippen LogP) is 4.16. The number of ether oxygens (including phenoxy) is 2. The molecule has 32 heavy (non-hydrogen) atoms. The van der Waals surface area contributed by atoms with Gasteiger partial charge >= 0.3 is 0 Å². The molecule has 1 amide bonds. The Balaban J connectivity index is 1.47. The van der Waals surface area contributed by atoms with E-state index in [1.807, 2.05) is 6.07 Å². The summed E-state index contributed by atoms with van der Waals surface area (Å²) < 4.78 is 38.8. The molecular weight excluding hydrogens is 418 g/mol. The van der Waals surface area contributed by atoms with E-state index in [1.54, 1.807) is 11.0 Å². The molecule has 1 aliphatic rings. The third-order valence-electron chi connectivity index (χ3n) is 5.43. The lowest BCUT2D eigenvalue weighted by Gasteiger charge is -2.31. The van der Waals surface area contributed by atoms with Gasteiger partial charge in [0, 0.05) is 25.1 Å². The molecule has 0 bridgehead atoms. The van der Waals surface area contributed by atoms with Crippen LogP contribution in [0.4, 0.5) is 14.6 Å². The number of carbonyl (C=O) groups excluding carboxylic acids is 1. The molecule has 7 nitrogen and oxygen atoms in total. The Labute approximate surface area is 183 Å². The number of rotatable bonds is 5. The SMILES string of the molecule is COc1cc(C(=O)N2CCC(c3ccc(N)nn3)CC2)c(F)cc1Oc1ccc(F)cc1. The van der Waals surface area contributed by atoms with Crippen molar-refractivity contribution >= 4 is 11.7 Å². The molecule has 0 aliphatic carbocycles. The van der Waals surface area contributed by atoms with E-state index in [1.165, 1.54) is 37.4 Å².